The second-order valence-corrected chi connectivity index (χ2v) is 6.77. The lowest BCUT2D eigenvalue weighted by Gasteiger charge is -2.47. The third-order valence-corrected chi connectivity index (χ3v) is 4.69. The Bertz CT molecular complexity index is 559. The SMILES string of the molecule is CC1(C)Oc2ccc(OC(F)F)cc2[C@@H](N2CCCCC2)[C@@H]1O. The predicted octanol–water partition coefficient (Wildman–Crippen LogP) is 3.35. The molecular weight excluding hydrogens is 304 g/mol. The van der Waals surface area contributed by atoms with Crippen LogP contribution in [0.5, 0.6) is 11.5 Å². The van der Waals surface area contributed by atoms with Crippen molar-refractivity contribution in [2.24, 2.45) is 0 Å². The van der Waals surface area contributed by atoms with Crippen LogP contribution in [-0.4, -0.2) is 41.4 Å². The predicted molar refractivity (Wildman–Crippen MR) is 82.0 cm³/mol. The molecule has 0 saturated carbocycles. The summed E-state index contributed by atoms with van der Waals surface area (Å²) in [6.45, 7) is 2.60. The van der Waals surface area contributed by atoms with Crippen LogP contribution in [0.2, 0.25) is 0 Å². The summed E-state index contributed by atoms with van der Waals surface area (Å²) in [6, 6.07) is 4.43. The maximum absolute atomic E-state index is 12.5. The minimum Gasteiger partial charge on any atom is -0.485 e. The van der Waals surface area contributed by atoms with E-state index in [0.717, 1.165) is 31.5 Å². The third-order valence-electron chi connectivity index (χ3n) is 4.69. The van der Waals surface area contributed by atoms with Gasteiger partial charge in [-0.15, -0.1) is 0 Å². The summed E-state index contributed by atoms with van der Waals surface area (Å²) in [5, 5.41) is 10.8. The van der Waals surface area contributed by atoms with Crippen molar-refractivity contribution in [3.63, 3.8) is 0 Å². The number of aliphatic hydroxyl groups is 1. The zero-order valence-electron chi connectivity index (χ0n) is 13.5. The molecular formula is C17H23F2NO3. The Morgan fingerprint density at radius 2 is 1.96 bits per heavy atom. The molecule has 23 heavy (non-hydrogen) atoms. The summed E-state index contributed by atoms with van der Waals surface area (Å²) in [6.07, 6.45) is 2.59. The average molecular weight is 327 g/mol. The lowest BCUT2D eigenvalue weighted by molar-refractivity contribution is -0.0966. The van der Waals surface area contributed by atoms with Crippen LogP contribution in [0.1, 0.15) is 44.7 Å². The van der Waals surface area contributed by atoms with Crippen LogP contribution in [0.15, 0.2) is 18.2 Å². The average Bonchev–Trinajstić information content (AvgIpc) is 2.49. The Labute approximate surface area is 135 Å². The van der Waals surface area contributed by atoms with Crippen LogP contribution in [0, 0.1) is 0 Å². The van der Waals surface area contributed by atoms with E-state index in [1.807, 2.05) is 13.8 Å². The van der Waals surface area contributed by atoms with Crippen molar-refractivity contribution in [3.8, 4) is 11.5 Å². The first-order chi connectivity index (χ1) is 10.9. The molecule has 3 rings (SSSR count). The summed E-state index contributed by atoms with van der Waals surface area (Å²) in [7, 11) is 0. The fourth-order valence-electron chi connectivity index (χ4n) is 3.51. The second-order valence-electron chi connectivity index (χ2n) is 6.77. The number of alkyl halides is 2. The first-order valence-electron chi connectivity index (χ1n) is 8.08. The molecule has 2 heterocycles. The number of rotatable bonds is 3. The van der Waals surface area contributed by atoms with Gasteiger partial charge in [0.2, 0.25) is 0 Å². The number of likely N-dealkylation sites (tertiary alicyclic amines) is 1. The minimum atomic E-state index is -2.87. The van der Waals surface area contributed by atoms with Gasteiger partial charge in [0.05, 0.1) is 6.04 Å². The monoisotopic (exact) mass is 327 g/mol. The molecule has 0 aromatic heterocycles. The van der Waals surface area contributed by atoms with Gasteiger partial charge in [0.25, 0.3) is 0 Å². The van der Waals surface area contributed by atoms with Crippen LogP contribution in [0.3, 0.4) is 0 Å². The van der Waals surface area contributed by atoms with Gasteiger partial charge in [-0.1, -0.05) is 6.42 Å². The van der Waals surface area contributed by atoms with E-state index < -0.39 is 18.3 Å². The minimum absolute atomic E-state index is 0.0938. The topological polar surface area (TPSA) is 41.9 Å². The molecule has 0 radical (unpaired) electrons. The van der Waals surface area contributed by atoms with E-state index in [1.54, 1.807) is 12.1 Å². The fraction of sp³-hybridized carbons (Fsp3) is 0.647. The van der Waals surface area contributed by atoms with Gasteiger partial charge in [-0.25, -0.2) is 0 Å². The Morgan fingerprint density at radius 3 is 2.61 bits per heavy atom. The van der Waals surface area contributed by atoms with Crippen LogP contribution in [-0.2, 0) is 0 Å². The van der Waals surface area contributed by atoms with Gasteiger partial charge >= 0.3 is 6.61 Å². The molecule has 0 bridgehead atoms. The van der Waals surface area contributed by atoms with E-state index in [1.165, 1.54) is 12.5 Å². The number of ether oxygens (including phenoxy) is 2. The molecule has 1 aromatic carbocycles. The van der Waals surface area contributed by atoms with Crippen molar-refractivity contribution in [1.82, 2.24) is 4.90 Å². The van der Waals surface area contributed by atoms with Gasteiger partial charge in [-0.05, 0) is 58.0 Å². The van der Waals surface area contributed by atoms with E-state index in [9.17, 15) is 13.9 Å². The highest BCUT2D eigenvalue weighted by Gasteiger charge is 2.45. The van der Waals surface area contributed by atoms with Crippen molar-refractivity contribution in [2.45, 2.75) is 57.5 Å². The Balaban J connectivity index is 1.99. The lowest BCUT2D eigenvalue weighted by Crippen LogP contribution is -2.54. The quantitative estimate of drug-likeness (QED) is 0.924. The number of piperidine rings is 1. The highest BCUT2D eigenvalue weighted by Crippen LogP contribution is 2.45. The van der Waals surface area contributed by atoms with Crippen molar-refractivity contribution in [3.05, 3.63) is 23.8 Å². The molecule has 128 valence electrons. The van der Waals surface area contributed by atoms with Crippen molar-refractivity contribution in [2.75, 3.05) is 13.1 Å². The smallest absolute Gasteiger partial charge is 0.387 e. The summed E-state index contributed by atoms with van der Waals surface area (Å²) in [5.74, 6) is 0.716. The number of nitrogens with zero attached hydrogens (tertiary/aromatic N) is 1. The summed E-state index contributed by atoms with van der Waals surface area (Å²) >= 11 is 0. The molecule has 2 aliphatic heterocycles. The first kappa shape index (κ1) is 16.5. The number of hydrogen-bond acceptors (Lipinski definition) is 4. The van der Waals surface area contributed by atoms with Gasteiger partial charge < -0.3 is 14.6 Å². The van der Waals surface area contributed by atoms with E-state index >= 15 is 0 Å². The zero-order chi connectivity index (χ0) is 16.6. The Kier molecular flexibility index (Phi) is 4.47. The van der Waals surface area contributed by atoms with Gasteiger partial charge in [-0.3, -0.25) is 4.90 Å². The van der Waals surface area contributed by atoms with E-state index in [4.69, 9.17) is 4.74 Å². The third kappa shape index (κ3) is 3.28. The molecule has 1 N–H and O–H groups in total. The largest absolute Gasteiger partial charge is 0.485 e. The number of hydrogen-bond donors (Lipinski definition) is 1. The van der Waals surface area contributed by atoms with Crippen LogP contribution >= 0.6 is 0 Å². The highest BCUT2D eigenvalue weighted by atomic mass is 19.3. The molecule has 0 amide bonds. The molecule has 0 spiro atoms. The zero-order valence-corrected chi connectivity index (χ0v) is 13.5. The van der Waals surface area contributed by atoms with Crippen molar-refractivity contribution >= 4 is 0 Å². The van der Waals surface area contributed by atoms with Gasteiger partial charge in [0.1, 0.15) is 23.2 Å². The number of benzene rings is 1. The first-order valence-corrected chi connectivity index (χ1v) is 8.08. The van der Waals surface area contributed by atoms with E-state index in [2.05, 4.69) is 9.64 Å². The van der Waals surface area contributed by atoms with Crippen molar-refractivity contribution in [1.29, 1.82) is 0 Å². The second kappa shape index (κ2) is 6.24. The summed E-state index contributed by atoms with van der Waals surface area (Å²) in [5.41, 5.74) is -0.0166. The molecule has 1 aromatic rings. The molecule has 1 saturated heterocycles. The standard InChI is InChI=1S/C17H23F2NO3/c1-17(2)15(21)14(20-8-4-3-5-9-20)12-10-11(22-16(18)19)6-7-13(12)23-17/h6-7,10,14-16,21H,3-5,8-9H2,1-2H3/t14-,15+/m1/s1. The van der Waals surface area contributed by atoms with Crippen LogP contribution in [0.4, 0.5) is 8.78 Å². The number of fused-ring (bicyclic) bond motifs is 1. The molecule has 0 unspecified atom stereocenters. The van der Waals surface area contributed by atoms with Gasteiger partial charge in [-0.2, -0.15) is 8.78 Å². The molecule has 2 atom stereocenters. The maximum Gasteiger partial charge on any atom is 0.387 e. The number of aliphatic hydroxyl groups excluding tert-OH is 1. The van der Waals surface area contributed by atoms with Crippen molar-refractivity contribution < 1.29 is 23.4 Å². The Hall–Kier alpha value is -1.40. The van der Waals surface area contributed by atoms with Crippen LogP contribution in [0.25, 0.3) is 0 Å². The van der Waals surface area contributed by atoms with Crippen LogP contribution < -0.4 is 9.47 Å². The number of halogens is 2. The lowest BCUT2D eigenvalue weighted by atomic mass is 9.84. The van der Waals surface area contributed by atoms with E-state index in [0.29, 0.717) is 5.75 Å². The molecule has 4 nitrogen and oxygen atoms in total. The van der Waals surface area contributed by atoms with Gasteiger partial charge in [0.15, 0.2) is 0 Å². The molecule has 6 heteroatoms. The fourth-order valence-corrected chi connectivity index (χ4v) is 3.51. The Morgan fingerprint density at radius 1 is 1.26 bits per heavy atom. The normalized spacial score (nSPS) is 27.4. The van der Waals surface area contributed by atoms with Gasteiger partial charge in [0, 0.05) is 5.56 Å². The maximum atomic E-state index is 12.5. The molecule has 1 fully saturated rings. The highest BCUT2D eigenvalue weighted by molar-refractivity contribution is 5.45. The molecule has 2 aliphatic rings. The van der Waals surface area contributed by atoms with E-state index in [-0.39, 0.29) is 11.8 Å². The molecule has 0 aliphatic carbocycles. The summed E-state index contributed by atoms with van der Waals surface area (Å²) < 4.78 is 35.4. The summed E-state index contributed by atoms with van der Waals surface area (Å²) in [4.78, 5) is 2.23.